The van der Waals surface area contributed by atoms with E-state index in [4.69, 9.17) is 23.8 Å². The Morgan fingerprint density at radius 2 is 1.34 bits per heavy atom. The van der Waals surface area contributed by atoms with Gasteiger partial charge in [-0.05, 0) is 104 Å². The molecule has 8 aliphatic rings. The van der Waals surface area contributed by atoms with E-state index in [0.29, 0.717) is 25.2 Å². The molecule has 0 aromatic carbocycles. The van der Waals surface area contributed by atoms with Gasteiger partial charge in [-0.1, -0.05) is 60.1 Å². The zero-order valence-corrected chi connectivity index (χ0v) is 42.4. The molecule has 0 spiro atoms. The van der Waals surface area contributed by atoms with E-state index in [1.54, 1.807) is 4.90 Å². The molecule has 71 heavy (non-hydrogen) atoms. The second-order valence-corrected chi connectivity index (χ2v) is 24.3. The maximum atomic E-state index is 14.6. The summed E-state index contributed by atoms with van der Waals surface area (Å²) in [4.78, 5) is 48.2. The molecule has 5 aliphatic carbocycles. The molecule has 0 aromatic rings. The van der Waals surface area contributed by atoms with E-state index in [-0.39, 0.29) is 94.9 Å². The number of aliphatic hydroxyl groups is 8. The van der Waals surface area contributed by atoms with Crippen LogP contribution in [0.3, 0.4) is 0 Å². The number of fused-ring (bicyclic) bond motifs is 7. The Balaban J connectivity index is 0.879. The number of carbonyl (C=O) groups excluding carboxylic acids is 3. The van der Waals surface area contributed by atoms with Crippen LogP contribution in [-0.4, -0.2) is 180 Å². The molecule has 1 amide bonds. The summed E-state index contributed by atoms with van der Waals surface area (Å²) in [7, 11) is 0. The Hall–Kier alpha value is -3.25. The van der Waals surface area contributed by atoms with Gasteiger partial charge in [-0.15, -0.1) is 5.01 Å². The molecule has 3 heterocycles. The highest BCUT2D eigenvalue weighted by Crippen LogP contribution is 2.76. The van der Waals surface area contributed by atoms with Crippen molar-refractivity contribution in [3.05, 3.63) is 16.9 Å². The van der Waals surface area contributed by atoms with Crippen LogP contribution in [0.2, 0.25) is 0 Å². The third-order valence-electron chi connectivity index (χ3n) is 19.8. The summed E-state index contributed by atoms with van der Waals surface area (Å²) >= 11 is 0. The Kier molecular flexibility index (Phi) is 15.1. The minimum Gasteiger partial charge on any atom is -0.569 e. The van der Waals surface area contributed by atoms with Gasteiger partial charge >= 0.3 is 11.9 Å². The lowest BCUT2D eigenvalue weighted by Crippen LogP contribution is -2.65. The number of hydrogen-bond acceptors (Lipinski definition) is 18. The van der Waals surface area contributed by atoms with Gasteiger partial charge in [0.15, 0.2) is 0 Å². The van der Waals surface area contributed by atoms with Crippen molar-refractivity contribution in [3.63, 3.8) is 0 Å². The highest BCUT2D eigenvalue weighted by molar-refractivity contribution is 5.81. The summed E-state index contributed by atoms with van der Waals surface area (Å²) in [6.45, 7) is 15.5. The van der Waals surface area contributed by atoms with Crippen molar-refractivity contribution in [1.29, 1.82) is 0 Å². The monoisotopic (exact) mass is 1010 g/mol. The fraction of sp³-hybridized carbons (Fsp3) is 0.900. The molecule has 402 valence electrons. The number of hydrogen-bond donors (Lipinski definition) is 8. The van der Waals surface area contributed by atoms with E-state index in [1.807, 2.05) is 0 Å². The molecule has 8 rings (SSSR count). The number of carbonyl (C=O) groups is 3. The van der Waals surface area contributed by atoms with E-state index in [9.17, 15) is 60.4 Å². The average molecular weight is 1010 g/mol. The summed E-state index contributed by atoms with van der Waals surface area (Å²) < 4.78 is 23.1. The first-order valence-electron chi connectivity index (χ1n) is 25.9. The van der Waals surface area contributed by atoms with Gasteiger partial charge in [0.2, 0.25) is 17.5 Å². The lowest BCUT2D eigenvalue weighted by atomic mass is 9.33. The molecule has 0 aromatic heterocycles. The maximum Gasteiger partial charge on any atom is 0.315 e. The van der Waals surface area contributed by atoms with Gasteiger partial charge in [0.1, 0.15) is 54.9 Å². The minimum absolute atomic E-state index is 0.0403. The van der Waals surface area contributed by atoms with Crippen molar-refractivity contribution in [1.82, 2.24) is 9.91 Å². The predicted molar refractivity (Wildman–Crippen MR) is 247 cm³/mol. The van der Waals surface area contributed by atoms with Crippen molar-refractivity contribution in [2.45, 2.75) is 193 Å². The van der Waals surface area contributed by atoms with Crippen molar-refractivity contribution >= 4 is 17.8 Å². The van der Waals surface area contributed by atoms with Crippen LogP contribution in [0.5, 0.6) is 0 Å². The number of ether oxygens (including phenoxy) is 4. The lowest BCUT2D eigenvalue weighted by Gasteiger charge is -2.71. The summed E-state index contributed by atoms with van der Waals surface area (Å²) in [5.74, 6) is -0.712. The van der Waals surface area contributed by atoms with Crippen molar-refractivity contribution in [3.8, 4) is 0 Å². The smallest absolute Gasteiger partial charge is 0.315 e. The molecule has 21 heteroatoms. The molecular weight excluding hydrogens is 929 g/mol. The Morgan fingerprint density at radius 1 is 0.732 bits per heavy atom. The predicted octanol–water partition coefficient (Wildman–Crippen LogP) is 1.58. The topological polar surface area (TPSA) is 304 Å². The van der Waals surface area contributed by atoms with Gasteiger partial charge < -0.3 is 74.7 Å². The van der Waals surface area contributed by atoms with Gasteiger partial charge in [0.05, 0.1) is 43.1 Å². The number of hydrazine groups is 1. The minimum atomic E-state index is -1.73. The average Bonchev–Trinajstić information content (AvgIpc) is 3.33. The summed E-state index contributed by atoms with van der Waals surface area (Å²) in [5, 5.41) is 98.3. The second kappa shape index (κ2) is 19.8. The summed E-state index contributed by atoms with van der Waals surface area (Å²) in [6.07, 6.45) is -5.72. The number of rotatable bonds is 11. The normalized spacial score (nSPS) is 45.2. The van der Waals surface area contributed by atoms with Crippen LogP contribution in [0.15, 0.2) is 16.9 Å². The van der Waals surface area contributed by atoms with Gasteiger partial charge in [0.25, 0.3) is 6.29 Å². The fourth-order valence-electron chi connectivity index (χ4n) is 15.2. The van der Waals surface area contributed by atoms with Crippen LogP contribution in [0.25, 0.3) is 0 Å². The van der Waals surface area contributed by atoms with Crippen LogP contribution in [-0.2, 0) is 38.2 Å². The van der Waals surface area contributed by atoms with Crippen molar-refractivity contribution in [2.24, 2.45) is 55.5 Å². The molecule has 8 N–H and O–H groups in total. The zero-order chi connectivity index (χ0) is 51.8. The largest absolute Gasteiger partial charge is 0.569 e. The number of esters is 2. The standard InChI is InChI=1S/C50H80N4O17/c1-45(2)16-18-50(44(65)70-42-40(63)38(61)36(59)29(25-55)67-42)19-17-48(6)27(28(50)24-45)8-9-32-47(5)14-13-33(46(3,4)31(47)12-15-49(32,48)7)69-35(58)11-10-34(57)52-20-22-53(23-21-52)54(66)51-71-43-41(64)39(62)37(60)30(26-56)68-43/h8,28-33,36-43,55-56,59-64H,9-26H2,1-7H3/b54-51-/t28-,29+,30+,31-,32+,33-,36-,37+,38-,39-,40+,41+,42-,43-,47-,48+,49+,50-/m0/s1. The Labute approximate surface area is 415 Å². The molecule has 0 unspecified atom stereocenters. The second-order valence-electron chi connectivity index (χ2n) is 24.3. The Morgan fingerprint density at radius 3 is 1.97 bits per heavy atom. The highest BCUT2D eigenvalue weighted by Gasteiger charge is 2.70. The molecule has 3 aliphatic heterocycles. The van der Waals surface area contributed by atoms with Gasteiger partial charge in [-0.3, -0.25) is 14.4 Å². The first-order valence-corrected chi connectivity index (χ1v) is 25.9. The molecule has 21 nitrogen and oxygen atoms in total. The Bertz CT molecular complexity index is 2050. The lowest BCUT2D eigenvalue weighted by molar-refractivity contribution is -0.715. The summed E-state index contributed by atoms with van der Waals surface area (Å²) in [5.41, 5.74) is -0.373. The van der Waals surface area contributed by atoms with Gasteiger partial charge in [-0.2, -0.15) is 0 Å². The number of piperazine rings is 1. The fourth-order valence-corrected chi connectivity index (χ4v) is 15.2. The van der Waals surface area contributed by atoms with Crippen LogP contribution in [0.4, 0.5) is 0 Å². The zero-order valence-electron chi connectivity index (χ0n) is 42.4. The van der Waals surface area contributed by atoms with Crippen LogP contribution >= 0.6 is 0 Å². The molecule has 3 saturated heterocycles. The SMILES string of the molecule is CC1(C)CC[C@]2(C(=O)O[C@@H]3O[C@H](CO)[C@H](O)[C@H](O)[C@H]3O)CC[C@]3(C)C(=CC[C@@H]4[C@@]5(C)CC[C@H](OC(=O)CCC(=O)N6CCN(/[N+]([O-])=N/O[C@@H]7O[C@H](CO)[C@@H](O)[C@H](O)[C@H]7O)CC6)C(C)(C)[C@@H]5CC[C@]43C)[C@@H]2C1. The van der Waals surface area contributed by atoms with Gasteiger partial charge in [0, 0.05) is 24.9 Å². The third kappa shape index (κ3) is 9.27. The first kappa shape index (κ1) is 54.0. The van der Waals surface area contributed by atoms with E-state index >= 15 is 0 Å². The molecule has 0 bridgehead atoms. The first-order chi connectivity index (χ1) is 33.3. The molecule has 4 saturated carbocycles. The van der Waals surface area contributed by atoms with E-state index in [2.05, 4.69) is 59.8 Å². The molecule has 0 radical (unpaired) electrons. The molecule has 7 fully saturated rings. The van der Waals surface area contributed by atoms with Crippen LogP contribution < -0.4 is 0 Å². The van der Waals surface area contributed by atoms with E-state index < -0.39 is 92.0 Å². The van der Waals surface area contributed by atoms with Gasteiger partial charge in [-0.25, -0.2) is 0 Å². The van der Waals surface area contributed by atoms with Crippen molar-refractivity contribution in [2.75, 3.05) is 39.4 Å². The molecule has 18 atom stereocenters. The number of allylic oxidation sites excluding steroid dienone is 2. The third-order valence-corrected chi connectivity index (χ3v) is 19.8. The quantitative estimate of drug-likeness (QED) is 0.0479. The number of amides is 1. The highest BCUT2D eigenvalue weighted by atomic mass is 16.8. The molecular formula is C50H80N4O17. The van der Waals surface area contributed by atoms with Crippen LogP contribution in [0, 0.1) is 55.5 Å². The number of aliphatic hydroxyl groups excluding tert-OH is 8. The van der Waals surface area contributed by atoms with E-state index in [0.717, 1.165) is 44.9 Å². The van der Waals surface area contributed by atoms with E-state index in [1.165, 1.54) is 10.6 Å². The number of nitrogens with zero attached hydrogens (tertiary/aromatic N) is 4. The maximum absolute atomic E-state index is 14.6. The van der Waals surface area contributed by atoms with Crippen LogP contribution in [0.1, 0.15) is 126 Å². The summed E-state index contributed by atoms with van der Waals surface area (Å²) in [6, 6.07) is 0. The van der Waals surface area contributed by atoms with Crippen molar-refractivity contribution < 1.29 is 84.0 Å².